The van der Waals surface area contributed by atoms with Gasteiger partial charge in [-0.3, -0.25) is 0 Å². The van der Waals surface area contributed by atoms with Crippen molar-refractivity contribution in [3.8, 4) is 0 Å². The predicted octanol–water partition coefficient (Wildman–Crippen LogP) is 2.84. The molecule has 1 aromatic rings. The van der Waals surface area contributed by atoms with Crippen LogP contribution in [0.3, 0.4) is 0 Å². The molecule has 2 nitrogen and oxygen atoms in total. The Hall–Kier alpha value is 0.1000. The van der Waals surface area contributed by atoms with Crippen LogP contribution in [0.1, 0.15) is 17.7 Å². The average Bonchev–Trinajstić information content (AvgIpc) is 2.65. The fourth-order valence-electron chi connectivity index (χ4n) is 2.05. The molecule has 1 aromatic heterocycles. The van der Waals surface area contributed by atoms with Crippen molar-refractivity contribution in [3.05, 3.63) is 20.8 Å². The molecule has 1 unspecified atom stereocenters. The van der Waals surface area contributed by atoms with Gasteiger partial charge in [-0.2, -0.15) is 0 Å². The first-order valence-electron chi connectivity index (χ1n) is 5.16. The van der Waals surface area contributed by atoms with Crippen LogP contribution in [0.25, 0.3) is 0 Å². The van der Waals surface area contributed by atoms with Gasteiger partial charge >= 0.3 is 0 Å². The number of hydrogen-bond donors (Lipinski definition) is 1. The van der Waals surface area contributed by atoms with Gasteiger partial charge in [-0.1, -0.05) is 0 Å². The second-order valence-corrected chi connectivity index (χ2v) is 6.13. The van der Waals surface area contributed by atoms with E-state index in [9.17, 15) is 5.11 Å². The van der Waals surface area contributed by atoms with Gasteiger partial charge in [0.25, 0.3) is 0 Å². The van der Waals surface area contributed by atoms with Crippen molar-refractivity contribution >= 4 is 27.3 Å². The summed E-state index contributed by atoms with van der Waals surface area (Å²) >= 11 is 5.20. The summed E-state index contributed by atoms with van der Waals surface area (Å²) in [6, 6.07) is 2.14. The first-order chi connectivity index (χ1) is 7.24. The summed E-state index contributed by atoms with van der Waals surface area (Å²) in [7, 11) is 0. The van der Waals surface area contributed by atoms with E-state index in [1.54, 1.807) is 11.3 Å². The van der Waals surface area contributed by atoms with Crippen molar-refractivity contribution in [3.63, 3.8) is 0 Å². The normalized spacial score (nSPS) is 26.8. The van der Waals surface area contributed by atoms with E-state index >= 15 is 0 Å². The number of thiophene rings is 1. The van der Waals surface area contributed by atoms with Gasteiger partial charge in [0.1, 0.15) is 0 Å². The summed E-state index contributed by atoms with van der Waals surface area (Å²) < 4.78 is 6.62. The highest BCUT2D eigenvalue weighted by molar-refractivity contribution is 9.10. The smallest absolute Gasteiger partial charge is 0.0547 e. The lowest BCUT2D eigenvalue weighted by Gasteiger charge is -2.35. The van der Waals surface area contributed by atoms with Crippen LogP contribution in [0.5, 0.6) is 0 Å². The molecule has 1 N–H and O–H groups in total. The summed E-state index contributed by atoms with van der Waals surface area (Å²) in [5.74, 6) is 0. The summed E-state index contributed by atoms with van der Waals surface area (Å²) in [5, 5.41) is 11.6. The maximum absolute atomic E-state index is 9.52. The van der Waals surface area contributed by atoms with E-state index in [1.807, 2.05) is 0 Å². The van der Waals surface area contributed by atoms with Crippen molar-refractivity contribution in [1.29, 1.82) is 0 Å². The molecule has 0 spiro atoms. The van der Waals surface area contributed by atoms with Crippen LogP contribution in [-0.2, 0) is 11.2 Å². The molecular formula is C11H15BrO2S. The molecule has 4 heteroatoms. The maximum atomic E-state index is 9.52. The Bertz CT molecular complexity index is 318. The van der Waals surface area contributed by atoms with Crippen LogP contribution >= 0.6 is 27.3 Å². The van der Waals surface area contributed by atoms with Gasteiger partial charge in [0.15, 0.2) is 0 Å². The summed E-state index contributed by atoms with van der Waals surface area (Å²) in [6.07, 6.45) is 3.06. The summed E-state index contributed by atoms with van der Waals surface area (Å²) in [6.45, 7) is 1.76. The zero-order valence-electron chi connectivity index (χ0n) is 8.54. The Balaban J connectivity index is 2.06. The summed E-state index contributed by atoms with van der Waals surface area (Å²) in [4.78, 5) is 1.32. The van der Waals surface area contributed by atoms with Crippen LogP contribution in [-0.4, -0.2) is 24.9 Å². The standard InChI is InChI=1S/C11H15BrO2S/c12-9-4-10(15-6-9)5-11(7-13)2-1-3-14-8-11/h4,6,13H,1-3,5,7-8H2. The van der Waals surface area contributed by atoms with Crippen LogP contribution in [0.4, 0.5) is 0 Å². The Morgan fingerprint density at radius 3 is 3.00 bits per heavy atom. The third kappa shape index (κ3) is 2.81. The zero-order valence-corrected chi connectivity index (χ0v) is 10.9. The van der Waals surface area contributed by atoms with Gasteiger partial charge in [-0.15, -0.1) is 11.3 Å². The van der Waals surface area contributed by atoms with Crippen LogP contribution in [0.2, 0.25) is 0 Å². The lowest BCUT2D eigenvalue weighted by atomic mass is 9.80. The molecule has 0 saturated carbocycles. The molecule has 0 amide bonds. The van der Waals surface area contributed by atoms with E-state index in [4.69, 9.17) is 4.74 Å². The molecule has 2 heterocycles. The molecule has 15 heavy (non-hydrogen) atoms. The molecule has 1 aliphatic rings. The van der Waals surface area contributed by atoms with E-state index in [0.717, 1.165) is 30.3 Å². The van der Waals surface area contributed by atoms with E-state index in [1.165, 1.54) is 4.88 Å². The molecule has 1 fully saturated rings. The fourth-order valence-corrected chi connectivity index (χ4v) is 3.67. The third-order valence-corrected chi connectivity index (χ3v) is 4.61. The highest BCUT2D eigenvalue weighted by Crippen LogP contribution is 2.34. The van der Waals surface area contributed by atoms with E-state index < -0.39 is 0 Å². The van der Waals surface area contributed by atoms with Crippen molar-refractivity contribution < 1.29 is 9.84 Å². The highest BCUT2D eigenvalue weighted by atomic mass is 79.9. The number of ether oxygens (including phenoxy) is 1. The highest BCUT2D eigenvalue weighted by Gasteiger charge is 2.32. The quantitative estimate of drug-likeness (QED) is 0.928. The van der Waals surface area contributed by atoms with Crippen LogP contribution < -0.4 is 0 Å². The predicted molar refractivity (Wildman–Crippen MR) is 65.3 cm³/mol. The Kier molecular flexibility index (Phi) is 3.83. The number of aliphatic hydroxyl groups is 1. The molecule has 1 atom stereocenters. The van der Waals surface area contributed by atoms with Crippen molar-refractivity contribution in [2.75, 3.05) is 19.8 Å². The first kappa shape index (κ1) is 11.6. The van der Waals surface area contributed by atoms with Crippen LogP contribution in [0, 0.1) is 5.41 Å². The van der Waals surface area contributed by atoms with E-state index in [2.05, 4.69) is 27.4 Å². The van der Waals surface area contributed by atoms with Gasteiger partial charge in [0.2, 0.25) is 0 Å². The molecule has 0 bridgehead atoms. The second-order valence-electron chi connectivity index (χ2n) is 4.22. The third-order valence-electron chi connectivity index (χ3n) is 2.91. The lowest BCUT2D eigenvalue weighted by molar-refractivity contribution is -0.0374. The average molecular weight is 291 g/mol. The van der Waals surface area contributed by atoms with Gasteiger partial charge in [0, 0.05) is 26.8 Å². The molecule has 2 rings (SSSR count). The van der Waals surface area contributed by atoms with Crippen molar-refractivity contribution in [2.45, 2.75) is 19.3 Å². The zero-order chi connectivity index (χ0) is 10.7. The molecule has 0 aromatic carbocycles. The number of hydrogen-bond acceptors (Lipinski definition) is 3. The number of aliphatic hydroxyl groups excluding tert-OH is 1. The summed E-state index contributed by atoms with van der Waals surface area (Å²) in [5.41, 5.74) is -0.0391. The maximum Gasteiger partial charge on any atom is 0.0547 e. The largest absolute Gasteiger partial charge is 0.396 e. The Morgan fingerprint density at radius 2 is 2.47 bits per heavy atom. The molecule has 84 valence electrons. The van der Waals surface area contributed by atoms with Crippen molar-refractivity contribution in [2.24, 2.45) is 5.41 Å². The van der Waals surface area contributed by atoms with Gasteiger partial charge < -0.3 is 9.84 Å². The van der Waals surface area contributed by atoms with Gasteiger partial charge in [0.05, 0.1) is 13.2 Å². The topological polar surface area (TPSA) is 29.5 Å². The van der Waals surface area contributed by atoms with Crippen LogP contribution in [0.15, 0.2) is 15.9 Å². The molecule has 0 radical (unpaired) electrons. The lowest BCUT2D eigenvalue weighted by Crippen LogP contribution is -2.37. The number of halogens is 1. The SMILES string of the molecule is OCC1(Cc2cc(Br)cs2)CCCOC1. The van der Waals surface area contributed by atoms with E-state index in [-0.39, 0.29) is 12.0 Å². The fraction of sp³-hybridized carbons (Fsp3) is 0.636. The minimum Gasteiger partial charge on any atom is -0.396 e. The molecular weight excluding hydrogens is 276 g/mol. The first-order valence-corrected chi connectivity index (χ1v) is 6.83. The van der Waals surface area contributed by atoms with Gasteiger partial charge in [-0.25, -0.2) is 0 Å². The minimum absolute atomic E-state index is 0.0391. The number of rotatable bonds is 3. The van der Waals surface area contributed by atoms with E-state index in [0.29, 0.717) is 6.61 Å². The minimum atomic E-state index is -0.0391. The monoisotopic (exact) mass is 290 g/mol. The Labute approximate surface area is 102 Å². The van der Waals surface area contributed by atoms with Crippen molar-refractivity contribution in [1.82, 2.24) is 0 Å². The second kappa shape index (κ2) is 4.95. The molecule has 1 aliphatic heterocycles. The molecule has 0 aliphatic carbocycles. The van der Waals surface area contributed by atoms with Gasteiger partial charge in [-0.05, 0) is 41.3 Å². The molecule has 1 saturated heterocycles. The Morgan fingerprint density at radius 1 is 1.60 bits per heavy atom.